The van der Waals surface area contributed by atoms with Crippen molar-refractivity contribution >= 4 is 17.7 Å². The summed E-state index contributed by atoms with van der Waals surface area (Å²) in [7, 11) is 0. The first-order chi connectivity index (χ1) is 14.3. The average molecular weight is 409 g/mol. The minimum Gasteiger partial charge on any atom is -0.335 e. The number of fused-ring (bicyclic) bond motifs is 1. The molecule has 2 atom stereocenters. The molecule has 0 N–H and O–H groups in total. The highest BCUT2D eigenvalue weighted by atomic mass is 32.2. The van der Waals surface area contributed by atoms with Gasteiger partial charge in [0.2, 0.25) is 0 Å². The van der Waals surface area contributed by atoms with Crippen molar-refractivity contribution in [3.63, 3.8) is 0 Å². The van der Waals surface area contributed by atoms with Gasteiger partial charge in [-0.2, -0.15) is 0 Å². The van der Waals surface area contributed by atoms with Crippen molar-refractivity contribution in [3.8, 4) is 0 Å². The van der Waals surface area contributed by atoms with E-state index in [0.717, 1.165) is 49.4 Å². The quantitative estimate of drug-likeness (QED) is 0.631. The Bertz CT molecular complexity index is 809. The Labute approximate surface area is 179 Å². The Morgan fingerprint density at radius 1 is 1.03 bits per heavy atom. The minimum absolute atomic E-state index is 0.238. The van der Waals surface area contributed by atoms with E-state index < -0.39 is 0 Å². The summed E-state index contributed by atoms with van der Waals surface area (Å²) in [6, 6.07) is 19.3. The first kappa shape index (κ1) is 20.5. The van der Waals surface area contributed by atoms with Gasteiger partial charge in [-0.05, 0) is 68.5 Å². The number of nitrogens with zero attached hydrogens (tertiary/aromatic N) is 2. The monoisotopic (exact) mass is 408 g/mol. The molecule has 4 heteroatoms. The number of thioether (sulfide) groups is 1. The third kappa shape index (κ3) is 4.87. The Hall–Kier alpha value is -1.78. The molecule has 0 unspecified atom stereocenters. The van der Waals surface area contributed by atoms with Crippen LogP contribution in [-0.2, 0) is 6.42 Å². The number of carbonyl (C=O) groups is 1. The second-order valence-corrected chi connectivity index (χ2v) is 9.19. The molecule has 2 aliphatic heterocycles. The van der Waals surface area contributed by atoms with Gasteiger partial charge in [-0.15, -0.1) is 11.8 Å². The lowest BCUT2D eigenvalue weighted by atomic mass is 9.83. The normalized spacial score (nSPS) is 22.3. The van der Waals surface area contributed by atoms with Gasteiger partial charge in [-0.1, -0.05) is 42.5 Å². The third-order valence-electron chi connectivity index (χ3n) is 6.53. The zero-order valence-electron chi connectivity index (χ0n) is 17.4. The molecule has 2 aliphatic rings. The summed E-state index contributed by atoms with van der Waals surface area (Å²) in [5.41, 5.74) is 2.32. The number of carbonyl (C=O) groups excluding carboxylic acids is 1. The van der Waals surface area contributed by atoms with Crippen molar-refractivity contribution in [1.29, 1.82) is 0 Å². The SMILES string of the molecule is CSc1ccccc1C(=O)N1CCC[C@@H]2CN(CCCc3ccccc3)CC[C@@H]21. The number of aryl methyl sites for hydroxylation is 1. The number of rotatable bonds is 6. The van der Waals surface area contributed by atoms with Crippen LogP contribution < -0.4 is 0 Å². The maximum Gasteiger partial charge on any atom is 0.255 e. The summed E-state index contributed by atoms with van der Waals surface area (Å²) in [6.45, 7) is 4.34. The molecule has 2 aromatic rings. The van der Waals surface area contributed by atoms with E-state index in [4.69, 9.17) is 0 Å². The topological polar surface area (TPSA) is 23.6 Å². The van der Waals surface area contributed by atoms with Crippen molar-refractivity contribution in [2.45, 2.75) is 43.0 Å². The Morgan fingerprint density at radius 2 is 1.83 bits per heavy atom. The highest BCUT2D eigenvalue weighted by Gasteiger charge is 2.38. The summed E-state index contributed by atoms with van der Waals surface area (Å²) in [4.78, 5) is 19.3. The molecule has 0 spiro atoms. The van der Waals surface area contributed by atoms with Crippen molar-refractivity contribution < 1.29 is 4.79 Å². The third-order valence-corrected chi connectivity index (χ3v) is 7.33. The summed E-state index contributed by atoms with van der Waals surface area (Å²) < 4.78 is 0. The molecule has 0 saturated carbocycles. The Morgan fingerprint density at radius 3 is 2.66 bits per heavy atom. The van der Waals surface area contributed by atoms with Crippen LogP contribution >= 0.6 is 11.8 Å². The molecule has 0 aromatic heterocycles. The van der Waals surface area contributed by atoms with Crippen molar-refractivity contribution in [3.05, 3.63) is 65.7 Å². The fourth-order valence-corrected chi connectivity index (χ4v) is 5.65. The van der Waals surface area contributed by atoms with E-state index in [2.05, 4.69) is 52.5 Å². The van der Waals surface area contributed by atoms with E-state index in [0.29, 0.717) is 12.0 Å². The van der Waals surface area contributed by atoms with Crippen LogP contribution in [0.5, 0.6) is 0 Å². The fraction of sp³-hybridized carbons (Fsp3) is 0.480. The lowest BCUT2D eigenvalue weighted by Gasteiger charge is -2.47. The Balaban J connectivity index is 1.35. The molecule has 0 aliphatic carbocycles. The first-order valence-electron chi connectivity index (χ1n) is 11.0. The number of hydrogen-bond donors (Lipinski definition) is 0. The molecule has 3 nitrogen and oxygen atoms in total. The smallest absolute Gasteiger partial charge is 0.255 e. The largest absolute Gasteiger partial charge is 0.335 e. The zero-order chi connectivity index (χ0) is 20.1. The molecule has 2 saturated heterocycles. The Kier molecular flexibility index (Phi) is 6.94. The second-order valence-electron chi connectivity index (χ2n) is 8.35. The highest BCUT2D eigenvalue weighted by Crippen LogP contribution is 2.33. The summed E-state index contributed by atoms with van der Waals surface area (Å²) in [5.74, 6) is 0.863. The molecule has 2 fully saturated rings. The van der Waals surface area contributed by atoms with Gasteiger partial charge in [0.05, 0.1) is 5.56 Å². The predicted molar refractivity (Wildman–Crippen MR) is 122 cm³/mol. The molecule has 0 bridgehead atoms. The van der Waals surface area contributed by atoms with Crippen LogP contribution in [0.1, 0.15) is 41.6 Å². The van der Waals surface area contributed by atoms with Crippen LogP contribution in [0, 0.1) is 5.92 Å². The van der Waals surface area contributed by atoms with Crippen LogP contribution in [0.2, 0.25) is 0 Å². The molecule has 4 rings (SSSR count). The van der Waals surface area contributed by atoms with Gasteiger partial charge < -0.3 is 9.80 Å². The molecule has 29 heavy (non-hydrogen) atoms. The molecular weight excluding hydrogens is 376 g/mol. The highest BCUT2D eigenvalue weighted by molar-refractivity contribution is 7.98. The maximum atomic E-state index is 13.3. The number of likely N-dealkylation sites (tertiary alicyclic amines) is 2. The van der Waals surface area contributed by atoms with Gasteiger partial charge in [0.15, 0.2) is 0 Å². The molecule has 0 radical (unpaired) electrons. The van der Waals surface area contributed by atoms with Crippen LogP contribution in [0.15, 0.2) is 59.5 Å². The van der Waals surface area contributed by atoms with Gasteiger partial charge in [0.25, 0.3) is 5.91 Å². The molecule has 2 heterocycles. The molecule has 1 amide bonds. The van der Waals surface area contributed by atoms with Gasteiger partial charge in [0, 0.05) is 30.6 Å². The van der Waals surface area contributed by atoms with E-state index in [1.165, 1.54) is 24.9 Å². The van der Waals surface area contributed by atoms with Crippen LogP contribution in [0.4, 0.5) is 0 Å². The van der Waals surface area contributed by atoms with E-state index in [1.807, 2.05) is 18.2 Å². The van der Waals surface area contributed by atoms with Gasteiger partial charge >= 0.3 is 0 Å². The van der Waals surface area contributed by atoms with Crippen LogP contribution in [0.3, 0.4) is 0 Å². The van der Waals surface area contributed by atoms with E-state index >= 15 is 0 Å². The minimum atomic E-state index is 0.238. The fourth-order valence-electron chi connectivity index (χ4n) is 5.06. The number of hydrogen-bond acceptors (Lipinski definition) is 3. The second kappa shape index (κ2) is 9.82. The first-order valence-corrected chi connectivity index (χ1v) is 12.2. The van der Waals surface area contributed by atoms with Gasteiger partial charge in [-0.3, -0.25) is 4.79 Å². The maximum absolute atomic E-state index is 13.3. The summed E-state index contributed by atoms with van der Waals surface area (Å²) in [6.07, 6.45) is 7.93. The standard InChI is InChI=1S/C25H32N2OS/c1-29-24-14-6-5-13-22(24)25(28)27-17-8-12-21-19-26(18-15-23(21)27)16-7-11-20-9-3-2-4-10-20/h2-6,9-10,13-14,21,23H,7-8,11-12,15-19H2,1H3/t21-,23+/m1/s1. The van der Waals surface area contributed by atoms with Crippen LogP contribution in [-0.4, -0.2) is 54.2 Å². The van der Waals surface area contributed by atoms with E-state index in [1.54, 1.807) is 11.8 Å². The number of piperidine rings is 2. The lowest BCUT2D eigenvalue weighted by Crippen LogP contribution is -2.55. The van der Waals surface area contributed by atoms with E-state index in [-0.39, 0.29) is 5.91 Å². The lowest BCUT2D eigenvalue weighted by molar-refractivity contribution is 0.0198. The van der Waals surface area contributed by atoms with Crippen molar-refractivity contribution in [1.82, 2.24) is 9.80 Å². The van der Waals surface area contributed by atoms with Crippen LogP contribution in [0.25, 0.3) is 0 Å². The zero-order valence-corrected chi connectivity index (χ0v) is 18.2. The van der Waals surface area contributed by atoms with E-state index in [9.17, 15) is 4.79 Å². The average Bonchev–Trinajstić information content (AvgIpc) is 2.78. The van der Waals surface area contributed by atoms with Crippen molar-refractivity contribution in [2.75, 3.05) is 32.4 Å². The molecule has 2 aromatic carbocycles. The van der Waals surface area contributed by atoms with Crippen molar-refractivity contribution in [2.24, 2.45) is 5.92 Å². The number of benzene rings is 2. The predicted octanol–water partition coefficient (Wildman–Crippen LogP) is 4.97. The van der Waals surface area contributed by atoms with Gasteiger partial charge in [-0.25, -0.2) is 0 Å². The van der Waals surface area contributed by atoms with Gasteiger partial charge in [0.1, 0.15) is 0 Å². The summed E-state index contributed by atoms with van der Waals surface area (Å²) >= 11 is 1.67. The number of amides is 1. The molecule has 154 valence electrons. The molecular formula is C25H32N2OS. The summed E-state index contributed by atoms with van der Waals surface area (Å²) in [5, 5.41) is 0.